The van der Waals surface area contributed by atoms with Crippen LogP contribution in [-0.2, 0) is 0 Å². The molecule has 0 unspecified atom stereocenters. The molecule has 1 aliphatic rings. The van der Waals surface area contributed by atoms with E-state index in [4.69, 9.17) is 4.74 Å². The Kier molecular flexibility index (Phi) is 6.67. The predicted octanol–water partition coefficient (Wildman–Crippen LogP) is 3.38. The minimum Gasteiger partial charge on any atom is -0.497 e. The number of ether oxygens (including phenoxy) is 1. The van der Waals surface area contributed by atoms with E-state index in [9.17, 15) is 0 Å². The fourth-order valence-corrected chi connectivity index (χ4v) is 3.04. The molecular formula is C16H25BrN2O. The maximum absolute atomic E-state index is 5.30. The van der Waals surface area contributed by atoms with Crippen molar-refractivity contribution in [2.45, 2.75) is 19.3 Å². The van der Waals surface area contributed by atoms with Crippen molar-refractivity contribution in [1.82, 2.24) is 4.90 Å². The van der Waals surface area contributed by atoms with Gasteiger partial charge in [0.1, 0.15) is 5.75 Å². The number of methoxy groups -OCH3 is 1. The predicted molar refractivity (Wildman–Crippen MR) is 89.3 cm³/mol. The molecule has 1 aromatic rings. The Hall–Kier alpha value is -0.740. The van der Waals surface area contributed by atoms with Crippen LogP contribution in [0.5, 0.6) is 5.75 Å². The Morgan fingerprint density at radius 3 is 2.60 bits per heavy atom. The van der Waals surface area contributed by atoms with Gasteiger partial charge in [0.15, 0.2) is 0 Å². The van der Waals surface area contributed by atoms with Crippen molar-refractivity contribution in [2.75, 3.05) is 50.1 Å². The van der Waals surface area contributed by atoms with E-state index >= 15 is 0 Å². The highest BCUT2D eigenvalue weighted by atomic mass is 79.9. The van der Waals surface area contributed by atoms with E-state index in [1.165, 1.54) is 44.6 Å². The monoisotopic (exact) mass is 340 g/mol. The molecule has 20 heavy (non-hydrogen) atoms. The molecule has 0 N–H and O–H groups in total. The van der Waals surface area contributed by atoms with Gasteiger partial charge in [-0.05, 0) is 31.5 Å². The van der Waals surface area contributed by atoms with Crippen molar-refractivity contribution < 1.29 is 4.74 Å². The van der Waals surface area contributed by atoms with E-state index in [1.54, 1.807) is 7.11 Å². The van der Waals surface area contributed by atoms with Crippen molar-refractivity contribution in [1.29, 1.82) is 0 Å². The third kappa shape index (κ3) is 4.67. The van der Waals surface area contributed by atoms with Crippen molar-refractivity contribution in [3.8, 4) is 5.75 Å². The molecule has 0 aliphatic carbocycles. The molecule has 0 saturated carbocycles. The quantitative estimate of drug-likeness (QED) is 0.559. The van der Waals surface area contributed by atoms with Gasteiger partial charge in [-0.1, -0.05) is 28.4 Å². The minimum absolute atomic E-state index is 0.944. The molecule has 1 fully saturated rings. The minimum atomic E-state index is 0.944. The summed E-state index contributed by atoms with van der Waals surface area (Å²) in [6, 6.07) is 8.38. The zero-order valence-corrected chi connectivity index (χ0v) is 13.9. The SMILES string of the molecule is COc1cccc(N2CCN(CCCCCBr)CC2)c1. The lowest BCUT2D eigenvalue weighted by Crippen LogP contribution is -2.46. The van der Waals surface area contributed by atoms with Gasteiger partial charge in [0.05, 0.1) is 7.11 Å². The lowest BCUT2D eigenvalue weighted by Gasteiger charge is -2.36. The fraction of sp³-hybridized carbons (Fsp3) is 0.625. The highest BCUT2D eigenvalue weighted by molar-refractivity contribution is 9.09. The third-order valence-corrected chi connectivity index (χ3v) is 4.46. The summed E-state index contributed by atoms with van der Waals surface area (Å²) in [6.45, 7) is 5.83. The number of nitrogens with zero attached hydrogens (tertiary/aromatic N) is 2. The van der Waals surface area contributed by atoms with Crippen LogP contribution in [0.4, 0.5) is 5.69 Å². The summed E-state index contributed by atoms with van der Waals surface area (Å²) in [5.41, 5.74) is 1.28. The number of piperazine rings is 1. The molecule has 3 nitrogen and oxygen atoms in total. The number of halogens is 1. The molecule has 112 valence electrons. The van der Waals surface area contributed by atoms with Crippen LogP contribution in [0.3, 0.4) is 0 Å². The first-order valence-electron chi connectivity index (χ1n) is 7.51. The second-order valence-corrected chi connectivity index (χ2v) is 6.07. The largest absolute Gasteiger partial charge is 0.497 e. The second-order valence-electron chi connectivity index (χ2n) is 5.28. The molecule has 2 rings (SSSR count). The van der Waals surface area contributed by atoms with Gasteiger partial charge in [0.25, 0.3) is 0 Å². The molecule has 4 heteroatoms. The van der Waals surface area contributed by atoms with Gasteiger partial charge in [-0.15, -0.1) is 0 Å². The van der Waals surface area contributed by atoms with Crippen molar-refractivity contribution in [2.24, 2.45) is 0 Å². The highest BCUT2D eigenvalue weighted by Crippen LogP contribution is 2.22. The van der Waals surface area contributed by atoms with Gasteiger partial charge in [-0.2, -0.15) is 0 Å². The van der Waals surface area contributed by atoms with Crippen molar-refractivity contribution in [3.63, 3.8) is 0 Å². The van der Waals surface area contributed by atoms with E-state index in [0.29, 0.717) is 0 Å². The summed E-state index contributed by atoms with van der Waals surface area (Å²) in [7, 11) is 1.73. The molecule has 0 spiro atoms. The second kappa shape index (κ2) is 8.53. The van der Waals surface area contributed by atoms with Gasteiger partial charge < -0.3 is 9.64 Å². The van der Waals surface area contributed by atoms with E-state index in [-0.39, 0.29) is 0 Å². The molecule has 1 heterocycles. The number of hydrogen-bond donors (Lipinski definition) is 0. The molecule has 0 bridgehead atoms. The maximum Gasteiger partial charge on any atom is 0.120 e. The van der Waals surface area contributed by atoms with E-state index in [1.807, 2.05) is 6.07 Å². The van der Waals surface area contributed by atoms with E-state index in [0.717, 1.165) is 24.2 Å². The molecule has 1 aromatic carbocycles. The summed E-state index contributed by atoms with van der Waals surface area (Å²) in [6.07, 6.45) is 3.95. The van der Waals surface area contributed by atoms with E-state index in [2.05, 4.69) is 43.9 Å². The first-order chi connectivity index (χ1) is 9.83. The summed E-state index contributed by atoms with van der Waals surface area (Å²) < 4.78 is 5.30. The van der Waals surface area contributed by atoms with Gasteiger partial charge in [-0.3, -0.25) is 4.90 Å². The van der Waals surface area contributed by atoms with Crippen LogP contribution in [0, 0.1) is 0 Å². The zero-order valence-electron chi connectivity index (χ0n) is 12.4. The topological polar surface area (TPSA) is 15.7 Å². The summed E-state index contributed by atoms with van der Waals surface area (Å²) in [5.74, 6) is 0.944. The molecular weight excluding hydrogens is 316 g/mol. The third-order valence-electron chi connectivity index (χ3n) is 3.90. The van der Waals surface area contributed by atoms with Gasteiger partial charge in [0.2, 0.25) is 0 Å². The van der Waals surface area contributed by atoms with Crippen LogP contribution in [0.25, 0.3) is 0 Å². The Balaban J connectivity index is 1.76. The summed E-state index contributed by atoms with van der Waals surface area (Å²) in [4.78, 5) is 5.04. The van der Waals surface area contributed by atoms with Crippen molar-refractivity contribution >= 4 is 21.6 Å². The number of hydrogen-bond acceptors (Lipinski definition) is 3. The normalized spacial score (nSPS) is 16.4. The standard InChI is InChI=1S/C16H25BrN2O/c1-20-16-7-5-6-15(14-16)19-12-10-18(11-13-19)9-4-2-3-8-17/h5-7,14H,2-4,8-13H2,1H3. The van der Waals surface area contributed by atoms with Gasteiger partial charge in [-0.25, -0.2) is 0 Å². The smallest absolute Gasteiger partial charge is 0.120 e. The molecule has 0 amide bonds. The Morgan fingerprint density at radius 1 is 1.10 bits per heavy atom. The summed E-state index contributed by atoms with van der Waals surface area (Å²) >= 11 is 3.49. The average Bonchev–Trinajstić information content (AvgIpc) is 2.52. The average molecular weight is 341 g/mol. The number of benzene rings is 1. The van der Waals surface area contributed by atoms with Crippen LogP contribution in [0.1, 0.15) is 19.3 Å². The Morgan fingerprint density at radius 2 is 1.90 bits per heavy atom. The Labute approximate surface area is 131 Å². The van der Waals surface area contributed by atoms with Crippen LogP contribution >= 0.6 is 15.9 Å². The highest BCUT2D eigenvalue weighted by Gasteiger charge is 2.16. The summed E-state index contributed by atoms with van der Waals surface area (Å²) in [5, 5.41) is 1.14. The first-order valence-corrected chi connectivity index (χ1v) is 8.63. The van der Waals surface area contributed by atoms with Crippen LogP contribution in [-0.4, -0.2) is 50.1 Å². The number of alkyl halides is 1. The van der Waals surface area contributed by atoms with Crippen molar-refractivity contribution in [3.05, 3.63) is 24.3 Å². The first kappa shape index (κ1) is 15.6. The number of rotatable bonds is 7. The molecule has 0 radical (unpaired) electrons. The van der Waals surface area contributed by atoms with Gasteiger partial charge in [0, 0.05) is 43.3 Å². The number of unbranched alkanes of at least 4 members (excludes halogenated alkanes) is 2. The van der Waals surface area contributed by atoms with Crippen LogP contribution in [0.2, 0.25) is 0 Å². The lowest BCUT2D eigenvalue weighted by molar-refractivity contribution is 0.253. The van der Waals surface area contributed by atoms with Crippen LogP contribution < -0.4 is 9.64 Å². The molecule has 1 saturated heterocycles. The fourth-order valence-electron chi connectivity index (χ4n) is 2.64. The maximum atomic E-state index is 5.30. The van der Waals surface area contributed by atoms with Gasteiger partial charge >= 0.3 is 0 Å². The molecule has 0 atom stereocenters. The molecule has 0 aromatic heterocycles. The number of anilines is 1. The van der Waals surface area contributed by atoms with E-state index < -0.39 is 0 Å². The zero-order chi connectivity index (χ0) is 14.2. The Bertz CT molecular complexity index is 392. The molecule has 1 aliphatic heterocycles. The van der Waals surface area contributed by atoms with Crippen LogP contribution in [0.15, 0.2) is 24.3 Å². The lowest BCUT2D eigenvalue weighted by atomic mass is 10.2.